The molecule has 3 nitrogen and oxygen atoms in total. The molecule has 2 aromatic carbocycles. The highest BCUT2D eigenvalue weighted by Crippen LogP contribution is 2.31. The van der Waals surface area contributed by atoms with E-state index in [0.29, 0.717) is 22.7 Å². The Bertz CT molecular complexity index is 634. The van der Waals surface area contributed by atoms with Crippen molar-refractivity contribution in [1.29, 1.82) is 5.26 Å². The van der Waals surface area contributed by atoms with Gasteiger partial charge in [-0.05, 0) is 24.3 Å². The quantitative estimate of drug-likeness (QED) is 0.843. The van der Waals surface area contributed by atoms with Gasteiger partial charge in [0.15, 0.2) is 0 Å². The molecule has 0 saturated carbocycles. The highest BCUT2D eigenvalue weighted by Gasteiger charge is 2.13. The van der Waals surface area contributed by atoms with E-state index in [0.717, 1.165) is 0 Å². The summed E-state index contributed by atoms with van der Waals surface area (Å²) in [6.45, 7) is 0. The summed E-state index contributed by atoms with van der Waals surface area (Å²) in [7, 11) is 3.27. The van der Waals surface area contributed by atoms with Crippen LogP contribution in [0.1, 0.15) is 5.56 Å². The maximum atomic E-state index is 13.8. The average molecular weight is 256 g/mol. The van der Waals surface area contributed by atoms with Crippen LogP contribution in [0, 0.1) is 17.1 Å². The zero-order chi connectivity index (χ0) is 13.8. The van der Waals surface area contributed by atoms with Crippen molar-refractivity contribution in [2.45, 2.75) is 0 Å². The van der Waals surface area contributed by atoms with Gasteiger partial charge in [0, 0.05) is 13.1 Å². The van der Waals surface area contributed by atoms with Crippen LogP contribution < -0.4 is 9.64 Å². The summed E-state index contributed by atoms with van der Waals surface area (Å²) in [4.78, 5) is 1.64. The first-order valence-corrected chi connectivity index (χ1v) is 5.73. The number of ether oxygens (including phenoxy) is 1. The zero-order valence-electron chi connectivity index (χ0n) is 10.7. The molecule has 0 unspecified atom stereocenters. The molecule has 0 bridgehead atoms. The highest BCUT2D eigenvalue weighted by atomic mass is 19.1. The second-order valence-corrected chi connectivity index (χ2v) is 4.01. The maximum absolute atomic E-state index is 13.8. The minimum absolute atomic E-state index is 0.336. The Hall–Kier alpha value is -2.54. The SMILES string of the molecule is COc1ccc(C#N)c(N(C)c2ccccc2F)c1. The molecule has 2 aromatic rings. The Morgan fingerprint density at radius 2 is 1.89 bits per heavy atom. The average Bonchev–Trinajstić information content (AvgIpc) is 2.46. The number of benzene rings is 2. The summed E-state index contributed by atoms with van der Waals surface area (Å²) in [5.41, 5.74) is 1.48. The van der Waals surface area contributed by atoms with Gasteiger partial charge >= 0.3 is 0 Å². The van der Waals surface area contributed by atoms with Crippen molar-refractivity contribution in [3.63, 3.8) is 0 Å². The molecule has 0 heterocycles. The van der Waals surface area contributed by atoms with Gasteiger partial charge in [-0.2, -0.15) is 5.26 Å². The topological polar surface area (TPSA) is 36.3 Å². The maximum Gasteiger partial charge on any atom is 0.146 e. The van der Waals surface area contributed by atoms with Crippen LogP contribution in [0.25, 0.3) is 0 Å². The Morgan fingerprint density at radius 1 is 1.16 bits per heavy atom. The van der Waals surface area contributed by atoms with Crippen molar-refractivity contribution >= 4 is 11.4 Å². The number of methoxy groups -OCH3 is 1. The normalized spacial score (nSPS) is 9.79. The molecule has 0 aliphatic heterocycles. The van der Waals surface area contributed by atoms with Gasteiger partial charge in [-0.15, -0.1) is 0 Å². The molecule has 0 fully saturated rings. The van der Waals surface area contributed by atoms with Gasteiger partial charge in [0.1, 0.15) is 17.6 Å². The van der Waals surface area contributed by atoms with Gasteiger partial charge in [0.25, 0.3) is 0 Å². The standard InChI is InChI=1S/C15H13FN2O/c1-18(14-6-4-3-5-13(14)16)15-9-12(19-2)8-7-11(15)10-17/h3-9H,1-2H3. The summed E-state index contributed by atoms with van der Waals surface area (Å²) in [6.07, 6.45) is 0. The molecule has 0 spiro atoms. The van der Waals surface area contributed by atoms with Crippen LogP contribution in [0.5, 0.6) is 5.75 Å². The van der Waals surface area contributed by atoms with E-state index in [4.69, 9.17) is 10.00 Å². The first-order valence-electron chi connectivity index (χ1n) is 5.73. The Labute approximate surface area is 111 Å². The predicted octanol–water partition coefficient (Wildman–Crippen LogP) is 3.47. The zero-order valence-corrected chi connectivity index (χ0v) is 10.7. The Morgan fingerprint density at radius 3 is 2.53 bits per heavy atom. The molecule has 4 heteroatoms. The van der Waals surface area contributed by atoms with Gasteiger partial charge in [-0.3, -0.25) is 0 Å². The molecule has 0 N–H and O–H groups in total. The largest absolute Gasteiger partial charge is 0.497 e. The predicted molar refractivity (Wildman–Crippen MR) is 72.2 cm³/mol. The molecule has 0 aromatic heterocycles. The lowest BCUT2D eigenvalue weighted by Gasteiger charge is -2.21. The lowest BCUT2D eigenvalue weighted by molar-refractivity contribution is 0.415. The number of para-hydroxylation sites is 1. The smallest absolute Gasteiger partial charge is 0.146 e. The van der Waals surface area contributed by atoms with Crippen molar-refractivity contribution in [3.05, 3.63) is 53.8 Å². The number of rotatable bonds is 3. The summed E-state index contributed by atoms with van der Waals surface area (Å²) < 4.78 is 18.9. The molecule has 96 valence electrons. The van der Waals surface area contributed by atoms with Crippen LogP contribution in [0.2, 0.25) is 0 Å². The summed E-state index contributed by atoms with van der Waals surface area (Å²) >= 11 is 0. The number of nitrogens with zero attached hydrogens (tertiary/aromatic N) is 2. The summed E-state index contributed by atoms with van der Waals surface area (Å²) in [5, 5.41) is 9.14. The van der Waals surface area contributed by atoms with E-state index in [1.807, 2.05) is 0 Å². The monoisotopic (exact) mass is 256 g/mol. The number of anilines is 2. The van der Waals surface area contributed by atoms with Crippen molar-refractivity contribution in [2.75, 3.05) is 19.1 Å². The van der Waals surface area contributed by atoms with Crippen LogP contribution in [0.3, 0.4) is 0 Å². The van der Waals surface area contributed by atoms with Crippen molar-refractivity contribution in [2.24, 2.45) is 0 Å². The molecule has 0 aliphatic carbocycles. The Kier molecular flexibility index (Phi) is 3.67. The van der Waals surface area contributed by atoms with Crippen LogP contribution in [-0.2, 0) is 0 Å². The molecule has 0 saturated heterocycles. The van der Waals surface area contributed by atoms with E-state index >= 15 is 0 Å². The van der Waals surface area contributed by atoms with Crippen molar-refractivity contribution in [3.8, 4) is 11.8 Å². The molecule has 19 heavy (non-hydrogen) atoms. The molecule has 0 radical (unpaired) electrons. The third-order valence-corrected chi connectivity index (χ3v) is 2.90. The lowest BCUT2D eigenvalue weighted by atomic mass is 10.1. The van der Waals surface area contributed by atoms with E-state index in [1.54, 1.807) is 55.5 Å². The number of nitriles is 1. The third kappa shape index (κ3) is 2.50. The summed E-state index contributed by atoms with van der Waals surface area (Å²) in [6, 6.07) is 13.6. The molecule has 0 aliphatic rings. The highest BCUT2D eigenvalue weighted by molar-refractivity contribution is 5.70. The lowest BCUT2D eigenvalue weighted by Crippen LogP contribution is -2.12. The molecule has 2 rings (SSSR count). The fourth-order valence-corrected chi connectivity index (χ4v) is 1.86. The fourth-order valence-electron chi connectivity index (χ4n) is 1.86. The molecular formula is C15H13FN2O. The van der Waals surface area contributed by atoms with Crippen LogP contribution in [0.15, 0.2) is 42.5 Å². The van der Waals surface area contributed by atoms with Crippen molar-refractivity contribution in [1.82, 2.24) is 0 Å². The molecule has 0 atom stereocenters. The van der Waals surface area contributed by atoms with E-state index in [2.05, 4.69) is 6.07 Å². The fraction of sp³-hybridized carbons (Fsp3) is 0.133. The number of halogens is 1. The molecule has 0 amide bonds. The van der Waals surface area contributed by atoms with Crippen LogP contribution >= 0.6 is 0 Å². The van der Waals surface area contributed by atoms with E-state index in [9.17, 15) is 4.39 Å². The number of hydrogen-bond donors (Lipinski definition) is 0. The van der Waals surface area contributed by atoms with Gasteiger partial charge < -0.3 is 9.64 Å². The van der Waals surface area contributed by atoms with Gasteiger partial charge in [0.2, 0.25) is 0 Å². The summed E-state index contributed by atoms with van der Waals surface area (Å²) in [5.74, 6) is 0.286. The van der Waals surface area contributed by atoms with Gasteiger partial charge in [-0.1, -0.05) is 12.1 Å². The van der Waals surface area contributed by atoms with Crippen LogP contribution in [0.4, 0.5) is 15.8 Å². The number of hydrogen-bond acceptors (Lipinski definition) is 3. The first kappa shape index (κ1) is 12.9. The van der Waals surface area contributed by atoms with Gasteiger partial charge in [0.05, 0.1) is 24.0 Å². The first-order chi connectivity index (χ1) is 9.17. The van der Waals surface area contributed by atoms with Crippen molar-refractivity contribution < 1.29 is 9.13 Å². The Balaban J connectivity index is 2.52. The third-order valence-electron chi connectivity index (χ3n) is 2.90. The van der Waals surface area contributed by atoms with Crippen LogP contribution in [-0.4, -0.2) is 14.2 Å². The van der Waals surface area contributed by atoms with E-state index < -0.39 is 0 Å². The minimum atomic E-state index is -0.336. The minimum Gasteiger partial charge on any atom is -0.497 e. The second-order valence-electron chi connectivity index (χ2n) is 4.01. The second kappa shape index (κ2) is 5.40. The molecular weight excluding hydrogens is 243 g/mol. The van der Waals surface area contributed by atoms with E-state index in [-0.39, 0.29) is 5.82 Å². The van der Waals surface area contributed by atoms with Gasteiger partial charge in [-0.25, -0.2) is 4.39 Å². The van der Waals surface area contributed by atoms with E-state index in [1.165, 1.54) is 6.07 Å².